The minimum atomic E-state index is -5.38. The Hall–Kier alpha value is -0.100. The first-order chi connectivity index (χ1) is 4.15. The van der Waals surface area contributed by atoms with E-state index in [-0.39, 0.29) is 0 Å². The van der Waals surface area contributed by atoms with Gasteiger partial charge in [-0.1, -0.05) is 0 Å². The standard InChI is InChI=1S/C3H2ClF5O/c4-2(5,6)1(10)3(7,8)9/h1,10H/t1-/m0/s1. The molecule has 0 bridgehead atoms. The Balaban J connectivity index is 4.23. The average molecular weight is 184 g/mol. The van der Waals surface area contributed by atoms with Gasteiger partial charge in [-0.3, -0.25) is 0 Å². The number of aliphatic hydroxyl groups is 1. The minimum Gasteiger partial charge on any atom is -0.378 e. The van der Waals surface area contributed by atoms with Crippen molar-refractivity contribution in [3.8, 4) is 0 Å². The predicted octanol–water partition coefficient (Wildman–Crippen LogP) is 1.74. The second-order valence-corrected chi connectivity index (χ2v) is 1.99. The Kier molecular flexibility index (Phi) is 2.48. The molecule has 0 aromatic rings. The van der Waals surface area contributed by atoms with Gasteiger partial charge in [0.05, 0.1) is 0 Å². The van der Waals surface area contributed by atoms with E-state index in [9.17, 15) is 22.0 Å². The van der Waals surface area contributed by atoms with E-state index in [1.165, 1.54) is 0 Å². The van der Waals surface area contributed by atoms with Crippen LogP contribution in [-0.4, -0.2) is 22.8 Å². The van der Waals surface area contributed by atoms with E-state index < -0.39 is 17.7 Å². The van der Waals surface area contributed by atoms with Crippen molar-refractivity contribution in [3.05, 3.63) is 0 Å². The van der Waals surface area contributed by atoms with Crippen LogP contribution in [0.2, 0.25) is 0 Å². The molecule has 0 heterocycles. The summed E-state index contributed by atoms with van der Waals surface area (Å²) in [6.07, 6.45) is -9.19. The third-order valence-corrected chi connectivity index (χ3v) is 0.827. The Morgan fingerprint density at radius 3 is 1.40 bits per heavy atom. The molecular formula is C3H2ClF5O. The van der Waals surface area contributed by atoms with Gasteiger partial charge in [-0.15, -0.1) is 0 Å². The lowest BCUT2D eigenvalue weighted by atomic mass is 10.4. The highest BCUT2D eigenvalue weighted by Crippen LogP contribution is 2.34. The fourth-order valence-electron chi connectivity index (χ4n) is 0.186. The van der Waals surface area contributed by atoms with Gasteiger partial charge in [-0.2, -0.15) is 22.0 Å². The zero-order valence-corrected chi connectivity index (χ0v) is 5.05. The summed E-state index contributed by atoms with van der Waals surface area (Å²) in [5, 5.41) is 3.06. The van der Waals surface area contributed by atoms with Gasteiger partial charge in [0.15, 0.2) is 0 Å². The summed E-state index contributed by atoms with van der Waals surface area (Å²) in [6.45, 7) is 0. The number of hydrogen-bond acceptors (Lipinski definition) is 1. The van der Waals surface area contributed by atoms with Gasteiger partial charge in [-0.05, 0) is 11.6 Å². The van der Waals surface area contributed by atoms with Crippen LogP contribution in [0.3, 0.4) is 0 Å². The molecule has 0 radical (unpaired) electrons. The quantitative estimate of drug-likeness (QED) is 0.486. The molecule has 0 saturated heterocycles. The second-order valence-electron chi connectivity index (χ2n) is 1.49. The van der Waals surface area contributed by atoms with E-state index in [4.69, 9.17) is 5.11 Å². The Bertz CT molecular complexity index is 101. The molecule has 1 N–H and O–H groups in total. The van der Waals surface area contributed by atoms with Crippen molar-refractivity contribution in [1.82, 2.24) is 0 Å². The Labute approximate surface area is 57.4 Å². The van der Waals surface area contributed by atoms with Gasteiger partial charge in [0.1, 0.15) is 0 Å². The van der Waals surface area contributed by atoms with E-state index >= 15 is 0 Å². The molecule has 1 nitrogen and oxygen atoms in total. The number of halogens is 6. The first kappa shape index (κ1) is 9.90. The van der Waals surface area contributed by atoms with E-state index in [2.05, 4.69) is 11.6 Å². The molecule has 1 atom stereocenters. The monoisotopic (exact) mass is 184 g/mol. The summed E-state index contributed by atoms with van der Waals surface area (Å²) in [6, 6.07) is 0. The van der Waals surface area contributed by atoms with Gasteiger partial charge in [0, 0.05) is 0 Å². The number of rotatable bonds is 1. The maximum absolute atomic E-state index is 11.4. The van der Waals surface area contributed by atoms with E-state index in [1.54, 1.807) is 0 Å². The average Bonchev–Trinajstić information content (AvgIpc) is 1.59. The molecular weight excluding hydrogens is 182 g/mol. The molecule has 0 amide bonds. The van der Waals surface area contributed by atoms with Crippen LogP contribution in [0.25, 0.3) is 0 Å². The lowest BCUT2D eigenvalue weighted by Gasteiger charge is -2.17. The fraction of sp³-hybridized carbons (Fsp3) is 1.00. The third kappa shape index (κ3) is 2.66. The zero-order valence-electron chi connectivity index (χ0n) is 4.29. The molecule has 0 aliphatic heterocycles. The summed E-state index contributed by atoms with van der Waals surface area (Å²) in [5.74, 6) is 0. The van der Waals surface area contributed by atoms with Gasteiger partial charge >= 0.3 is 11.6 Å². The van der Waals surface area contributed by atoms with Crippen molar-refractivity contribution in [2.45, 2.75) is 17.7 Å². The predicted molar refractivity (Wildman–Crippen MR) is 22.9 cm³/mol. The molecule has 0 aromatic carbocycles. The summed E-state index contributed by atoms with van der Waals surface area (Å²) < 4.78 is 56.2. The number of aliphatic hydroxyl groups excluding tert-OH is 1. The second kappa shape index (κ2) is 2.50. The summed E-state index contributed by atoms with van der Waals surface area (Å²) >= 11 is 3.86. The lowest BCUT2D eigenvalue weighted by molar-refractivity contribution is -0.247. The largest absolute Gasteiger partial charge is 0.421 e. The normalized spacial score (nSPS) is 17.1. The molecule has 0 aliphatic carbocycles. The molecule has 0 rings (SSSR count). The number of hydrogen-bond donors (Lipinski definition) is 1. The van der Waals surface area contributed by atoms with Crippen molar-refractivity contribution < 1.29 is 27.1 Å². The van der Waals surface area contributed by atoms with Gasteiger partial charge in [0.2, 0.25) is 6.10 Å². The van der Waals surface area contributed by atoms with Gasteiger partial charge in [0.25, 0.3) is 0 Å². The van der Waals surface area contributed by atoms with Crippen LogP contribution < -0.4 is 0 Å². The maximum atomic E-state index is 11.4. The van der Waals surface area contributed by atoms with Crippen LogP contribution in [0.4, 0.5) is 22.0 Å². The summed E-state index contributed by atoms with van der Waals surface area (Å²) in [7, 11) is 0. The lowest BCUT2D eigenvalue weighted by Crippen LogP contribution is -2.41. The molecule has 0 fully saturated rings. The SMILES string of the molecule is O[C@H](C(F)(F)F)C(F)(F)Cl. The van der Waals surface area contributed by atoms with Crippen molar-refractivity contribution in [2.24, 2.45) is 0 Å². The molecule has 10 heavy (non-hydrogen) atoms. The highest BCUT2D eigenvalue weighted by molar-refractivity contribution is 6.22. The van der Waals surface area contributed by atoms with Crippen LogP contribution >= 0.6 is 11.6 Å². The minimum absolute atomic E-state index is 3.80. The summed E-state index contributed by atoms with van der Waals surface area (Å²) in [4.78, 5) is 0. The summed E-state index contributed by atoms with van der Waals surface area (Å²) in [5.41, 5.74) is 0. The van der Waals surface area contributed by atoms with Crippen molar-refractivity contribution in [2.75, 3.05) is 0 Å². The van der Waals surface area contributed by atoms with Crippen molar-refractivity contribution in [3.63, 3.8) is 0 Å². The topological polar surface area (TPSA) is 20.2 Å². The molecule has 7 heteroatoms. The molecule has 0 saturated carbocycles. The van der Waals surface area contributed by atoms with Crippen molar-refractivity contribution in [1.29, 1.82) is 0 Å². The van der Waals surface area contributed by atoms with Gasteiger partial charge < -0.3 is 5.11 Å². The Morgan fingerprint density at radius 1 is 1.10 bits per heavy atom. The highest BCUT2D eigenvalue weighted by atomic mass is 35.5. The molecule has 0 aromatic heterocycles. The van der Waals surface area contributed by atoms with Crippen molar-refractivity contribution >= 4 is 11.6 Å². The van der Waals surface area contributed by atoms with Gasteiger partial charge in [-0.25, -0.2) is 0 Å². The van der Waals surface area contributed by atoms with Crippen LogP contribution in [0, 0.1) is 0 Å². The third-order valence-electron chi connectivity index (χ3n) is 0.620. The highest BCUT2D eigenvalue weighted by Gasteiger charge is 2.53. The van der Waals surface area contributed by atoms with E-state index in [0.29, 0.717) is 0 Å². The first-order valence-corrected chi connectivity index (χ1v) is 2.35. The Morgan fingerprint density at radius 2 is 1.40 bits per heavy atom. The van der Waals surface area contributed by atoms with Crippen LogP contribution in [-0.2, 0) is 0 Å². The first-order valence-electron chi connectivity index (χ1n) is 1.97. The zero-order chi connectivity index (χ0) is 8.58. The number of alkyl halides is 6. The molecule has 0 aliphatic rings. The van der Waals surface area contributed by atoms with E-state index in [1.807, 2.05) is 0 Å². The van der Waals surface area contributed by atoms with Crippen LogP contribution in [0.1, 0.15) is 0 Å². The molecule has 0 spiro atoms. The van der Waals surface area contributed by atoms with E-state index in [0.717, 1.165) is 0 Å². The molecule has 0 unspecified atom stereocenters. The molecule has 62 valence electrons. The maximum Gasteiger partial charge on any atom is 0.421 e. The fourth-order valence-corrected chi connectivity index (χ4v) is 0.309. The van der Waals surface area contributed by atoms with Crippen LogP contribution in [0.5, 0.6) is 0 Å². The smallest absolute Gasteiger partial charge is 0.378 e. The van der Waals surface area contributed by atoms with Crippen LogP contribution in [0.15, 0.2) is 0 Å².